The number of hydrazone groups is 1. The van der Waals surface area contributed by atoms with E-state index < -0.39 is 23.9 Å². The zero-order chi connectivity index (χ0) is 29.1. The first kappa shape index (κ1) is 29.8. The van der Waals surface area contributed by atoms with Gasteiger partial charge in [-0.15, -0.1) is 6.58 Å². The molecule has 11 heteroatoms. The van der Waals surface area contributed by atoms with Gasteiger partial charge in [0.05, 0.1) is 38.2 Å². The number of carbonyl (C=O) groups is 3. The largest absolute Gasteiger partial charge is 0.494 e. The van der Waals surface area contributed by atoms with E-state index in [2.05, 4.69) is 27.7 Å². The molecule has 0 bridgehead atoms. The van der Waals surface area contributed by atoms with E-state index >= 15 is 0 Å². The van der Waals surface area contributed by atoms with Crippen molar-refractivity contribution in [3.8, 4) is 17.2 Å². The molecule has 0 saturated heterocycles. The van der Waals surface area contributed by atoms with Crippen molar-refractivity contribution in [1.29, 1.82) is 0 Å². The van der Waals surface area contributed by atoms with Crippen LogP contribution in [-0.4, -0.2) is 51.1 Å². The first-order chi connectivity index (χ1) is 19.3. The van der Waals surface area contributed by atoms with Crippen molar-refractivity contribution in [3.63, 3.8) is 0 Å². The molecule has 0 fully saturated rings. The number of rotatable bonds is 13. The molecular weight excluding hydrogens is 516 g/mol. The maximum atomic E-state index is 12.6. The molecule has 2 aromatic rings. The predicted octanol–water partition coefficient (Wildman–Crippen LogP) is 3.54. The standard InChI is InChI=1S/C29H34N4O7/c1-6-9-20-14-19(10-12-22(20)38-7-2)16-30-33-25(34)17-40-23-13-11-21(15-24(23)37-5)27-26(28(35)39-8-3)18(4)31-29(36)32-27/h6,10-16,27H,1,7-9,17H2,2-5H3,(H,33,34)(H2,31,32,36)/b30-16-/t27-/m1/s1. The van der Waals surface area contributed by atoms with Gasteiger partial charge in [-0.3, -0.25) is 4.79 Å². The second kappa shape index (κ2) is 14.4. The van der Waals surface area contributed by atoms with Crippen LogP contribution in [-0.2, 0) is 20.7 Å². The Morgan fingerprint density at radius 1 is 1.07 bits per heavy atom. The molecule has 3 amide bonds. The SMILES string of the molecule is C=CCc1cc(/C=N\NC(=O)COc2ccc([C@H]3NC(=O)NC(C)=C3C(=O)OCC)cc2OC)ccc1OCC. The van der Waals surface area contributed by atoms with Crippen molar-refractivity contribution in [2.75, 3.05) is 26.9 Å². The van der Waals surface area contributed by atoms with Crippen LogP contribution in [0.15, 0.2) is 65.4 Å². The summed E-state index contributed by atoms with van der Waals surface area (Å²) in [6, 6.07) is 9.29. The summed E-state index contributed by atoms with van der Waals surface area (Å²) in [4.78, 5) is 37.0. The maximum Gasteiger partial charge on any atom is 0.338 e. The summed E-state index contributed by atoms with van der Waals surface area (Å²) in [7, 11) is 1.45. The third kappa shape index (κ3) is 7.62. The minimum atomic E-state index is -0.761. The number of hydrogen-bond donors (Lipinski definition) is 3. The highest BCUT2D eigenvalue weighted by Gasteiger charge is 2.32. The molecule has 212 valence electrons. The van der Waals surface area contributed by atoms with Crippen molar-refractivity contribution < 1.29 is 33.3 Å². The molecule has 0 saturated carbocycles. The summed E-state index contributed by atoms with van der Waals surface area (Å²) >= 11 is 0. The van der Waals surface area contributed by atoms with Crippen LogP contribution in [0.1, 0.15) is 43.5 Å². The van der Waals surface area contributed by atoms with Crippen LogP contribution in [0, 0.1) is 0 Å². The van der Waals surface area contributed by atoms with E-state index in [1.54, 1.807) is 38.1 Å². The number of urea groups is 1. The fourth-order valence-corrected chi connectivity index (χ4v) is 4.05. The van der Waals surface area contributed by atoms with Gasteiger partial charge in [-0.2, -0.15) is 5.10 Å². The number of carbonyl (C=O) groups excluding carboxylic acids is 3. The highest BCUT2D eigenvalue weighted by atomic mass is 16.5. The lowest BCUT2D eigenvalue weighted by Crippen LogP contribution is -2.45. The normalized spacial score (nSPS) is 14.7. The fraction of sp³-hybridized carbons (Fsp3) is 0.310. The zero-order valence-corrected chi connectivity index (χ0v) is 23.0. The Bertz CT molecular complexity index is 1320. The molecular formula is C29H34N4O7. The van der Waals surface area contributed by atoms with E-state index in [0.717, 1.165) is 16.9 Å². The average Bonchev–Trinajstić information content (AvgIpc) is 2.93. The molecule has 0 aromatic heterocycles. The molecule has 0 spiro atoms. The maximum absolute atomic E-state index is 12.6. The van der Waals surface area contributed by atoms with E-state index in [1.807, 2.05) is 25.1 Å². The van der Waals surface area contributed by atoms with Crippen molar-refractivity contribution in [1.82, 2.24) is 16.1 Å². The lowest BCUT2D eigenvalue weighted by Gasteiger charge is -2.28. The molecule has 40 heavy (non-hydrogen) atoms. The minimum Gasteiger partial charge on any atom is -0.494 e. The van der Waals surface area contributed by atoms with Gasteiger partial charge in [-0.25, -0.2) is 15.0 Å². The Balaban J connectivity index is 1.66. The van der Waals surface area contributed by atoms with Crippen molar-refractivity contribution in [2.24, 2.45) is 5.10 Å². The van der Waals surface area contributed by atoms with E-state index in [4.69, 9.17) is 18.9 Å². The molecule has 3 rings (SSSR count). The molecule has 0 aliphatic carbocycles. The summed E-state index contributed by atoms with van der Waals surface area (Å²) in [5.41, 5.74) is 5.43. The van der Waals surface area contributed by atoms with E-state index in [9.17, 15) is 14.4 Å². The minimum absolute atomic E-state index is 0.190. The van der Waals surface area contributed by atoms with Crippen LogP contribution in [0.3, 0.4) is 0 Å². The summed E-state index contributed by atoms with van der Waals surface area (Å²) in [5, 5.41) is 9.33. The molecule has 2 aromatic carbocycles. The lowest BCUT2D eigenvalue weighted by atomic mass is 9.95. The number of benzene rings is 2. The van der Waals surface area contributed by atoms with Gasteiger partial charge in [0.25, 0.3) is 5.91 Å². The summed E-state index contributed by atoms with van der Waals surface area (Å²) < 4.78 is 21.9. The van der Waals surface area contributed by atoms with Crippen molar-refractivity contribution in [2.45, 2.75) is 33.2 Å². The number of nitrogens with zero attached hydrogens (tertiary/aromatic N) is 1. The molecule has 1 atom stereocenters. The summed E-state index contributed by atoms with van der Waals surface area (Å²) in [6.07, 6.45) is 3.96. The molecule has 3 N–H and O–H groups in total. The van der Waals surface area contributed by atoms with Crippen LogP contribution in [0.5, 0.6) is 17.2 Å². The number of ether oxygens (including phenoxy) is 4. The van der Waals surface area contributed by atoms with Crippen LogP contribution in [0.2, 0.25) is 0 Å². The third-order valence-electron chi connectivity index (χ3n) is 5.80. The van der Waals surface area contributed by atoms with Gasteiger partial charge in [0.2, 0.25) is 0 Å². The first-order valence-corrected chi connectivity index (χ1v) is 12.8. The van der Waals surface area contributed by atoms with E-state index in [1.165, 1.54) is 13.3 Å². The molecule has 1 aliphatic heterocycles. The highest BCUT2D eigenvalue weighted by molar-refractivity contribution is 5.95. The Kier molecular flexibility index (Phi) is 10.7. The Morgan fingerprint density at radius 2 is 1.85 bits per heavy atom. The number of esters is 1. The second-order valence-electron chi connectivity index (χ2n) is 8.58. The summed E-state index contributed by atoms with van der Waals surface area (Å²) in [5.74, 6) is 0.364. The Labute approximate surface area is 233 Å². The quantitative estimate of drug-likeness (QED) is 0.150. The van der Waals surface area contributed by atoms with Crippen LogP contribution >= 0.6 is 0 Å². The van der Waals surface area contributed by atoms with E-state index in [0.29, 0.717) is 35.8 Å². The number of allylic oxidation sites excluding steroid dienone is 2. The molecule has 1 aliphatic rings. The Hall–Kier alpha value is -4.80. The van der Waals surface area contributed by atoms with Gasteiger partial charge in [0.1, 0.15) is 5.75 Å². The summed E-state index contributed by atoms with van der Waals surface area (Å²) in [6.45, 7) is 9.45. The van der Waals surface area contributed by atoms with Crippen LogP contribution < -0.4 is 30.3 Å². The average molecular weight is 551 g/mol. The van der Waals surface area contributed by atoms with E-state index in [-0.39, 0.29) is 18.8 Å². The topological polar surface area (TPSA) is 137 Å². The smallest absolute Gasteiger partial charge is 0.338 e. The number of methoxy groups -OCH3 is 1. The second-order valence-corrected chi connectivity index (χ2v) is 8.58. The van der Waals surface area contributed by atoms with Gasteiger partial charge in [-0.05, 0) is 74.2 Å². The molecule has 11 nitrogen and oxygen atoms in total. The molecule has 0 unspecified atom stereocenters. The number of amides is 3. The van der Waals surface area contributed by atoms with Gasteiger partial charge in [0.15, 0.2) is 18.1 Å². The third-order valence-corrected chi connectivity index (χ3v) is 5.80. The van der Waals surface area contributed by atoms with Gasteiger partial charge >= 0.3 is 12.0 Å². The van der Waals surface area contributed by atoms with Gasteiger partial charge in [0, 0.05) is 5.70 Å². The van der Waals surface area contributed by atoms with Crippen molar-refractivity contribution in [3.05, 3.63) is 77.0 Å². The Morgan fingerprint density at radius 3 is 2.55 bits per heavy atom. The molecule has 0 radical (unpaired) electrons. The monoisotopic (exact) mass is 550 g/mol. The number of hydrogen-bond acceptors (Lipinski definition) is 8. The highest BCUT2D eigenvalue weighted by Crippen LogP contribution is 2.34. The zero-order valence-electron chi connectivity index (χ0n) is 23.0. The predicted molar refractivity (Wildman–Crippen MR) is 149 cm³/mol. The van der Waals surface area contributed by atoms with Crippen LogP contribution in [0.25, 0.3) is 0 Å². The van der Waals surface area contributed by atoms with Gasteiger partial charge < -0.3 is 29.6 Å². The fourth-order valence-electron chi connectivity index (χ4n) is 4.05. The number of nitrogens with one attached hydrogen (secondary N) is 3. The molecule has 1 heterocycles. The van der Waals surface area contributed by atoms with Crippen molar-refractivity contribution >= 4 is 24.1 Å². The van der Waals surface area contributed by atoms with Gasteiger partial charge in [-0.1, -0.05) is 12.1 Å². The first-order valence-electron chi connectivity index (χ1n) is 12.8. The van der Waals surface area contributed by atoms with Crippen LogP contribution in [0.4, 0.5) is 4.79 Å². The lowest BCUT2D eigenvalue weighted by molar-refractivity contribution is -0.139.